The van der Waals surface area contributed by atoms with E-state index < -0.39 is 0 Å². The maximum atomic E-state index is 12.9. The number of carbonyl (C=O) groups is 2. The largest absolute Gasteiger partial charge is 0.349 e. The third-order valence-corrected chi connectivity index (χ3v) is 5.58. The van der Waals surface area contributed by atoms with Gasteiger partial charge in [-0.1, -0.05) is 0 Å². The van der Waals surface area contributed by atoms with E-state index in [1.165, 1.54) is 0 Å². The van der Waals surface area contributed by atoms with Crippen molar-refractivity contribution in [3.63, 3.8) is 0 Å². The molecule has 2 fully saturated rings. The van der Waals surface area contributed by atoms with Crippen LogP contribution < -0.4 is 5.32 Å². The summed E-state index contributed by atoms with van der Waals surface area (Å²) in [4.78, 5) is 35.7. The fraction of sp³-hybridized carbons (Fsp3) is 0.400. The van der Waals surface area contributed by atoms with Crippen LogP contribution in [-0.4, -0.2) is 38.8 Å². The molecule has 26 heavy (non-hydrogen) atoms. The monoisotopic (exact) mass is 350 g/mol. The Hall–Kier alpha value is -2.76. The van der Waals surface area contributed by atoms with Gasteiger partial charge in [-0.05, 0) is 56.0 Å². The molecule has 0 aliphatic carbocycles. The Kier molecular flexibility index (Phi) is 4.41. The van der Waals surface area contributed by atoms with Crippen LogP contribution >= 0.6 is 0 Å². The minimum Gasteiger partial charge on any atom is -0.349 e. The maximum absolute atomic E-state index is 12.9. The molecule has 2 aromatic rings. The Balaban J connectivity index is 1.46. The molecule has 2 saturated heterocycles. The highest BCUT2D eigenvalue weighted by Gasteiger charge is 2.51. The van der Waals surface area contributed by atoms with Crippen LogP contribution in [0.1, 0.15) is 48.1 Å². The van der Waals surface area contributed by atoms with E-state index in [0.717, 1.165) is 24.8 Å². The van der Waals surface area contributed by atoms with Crippen LogP contribution in [0, 0.1) is 5.92 Å². The summed E-state index contributed by atoms with van der Waals surface area (Å²) in [6, 6.07) is 7.43. The lowest BCUT2D eigenvalue weighted by molar-refractivity contribution is -0.126. The number of hydrogen-bond donors (Lipinski definition) is 1. The quantitative estimate of drug-likeness (QED) is 0.918. The summed E-state index contributed by atoms with van der Waals surface area (Å²) in [5.41, 5.74) is 1.62. The fourth-order valence-corrected chi connectivity index (χ4v) is 4.28. The molecule has 6 heteroatoms. The number of hydrogen-bond acceptors (Lipinski definition) is 4. The van der Waals surface area contributed by atoms with Gasteiger partial charge in [0.15, 0.2) is 0 Å². The third-order valence-electron chi connectivity index (χ3n) is 5.58. The van der Waals surface area contributed by atoms with Gasteiger partial charge in [0.05, 0.1) is 17.5 Å². The minimum atomic E-state index is -0.140. The molecule has 1 N–H and O–H groups in total. The van der Waals surface area contributed by atoms with E-state index in [-0.39, 0.29) is 35.9 Å². The highest BCUT2D eigenvalue weighted by Crippen LogP contribution is 2.42. The lowest BCUT2D eigenvalue weighted by atomic mass is 9.88. The molecular weight excluding hydrogens is 328 g/mol. The van der Waals surface area contributed by atoms with Gasteiger partial charge in [0.25, 0.3) is 5.91 Å². The van der Waals surface area contributed by atoms with Gasteiger partial charge in [0, 0.05) is 36.9 Å². The number of nitrogens with zero attached hydrogens (tertiary/aromatic N) is 3. The molecule has 2 amide bonds. The van der Waals surface area contributed by atoms with Gasteiger partial charge in [-0.3, -0.25) is 19.6 Å². The van der Waals surface area contributed by atoms with E-state index in [1.54, 1.807) is 36.9 Å². The van der Waals surface area contributed by atoms with E-state index in [9.17, 15) is 9.59 Å². The second-order valence-electron chi connectivity index (χ2n) is 7.11. The van der Waals surface area contributed by atoms with Crippen LogP contribution in [-0.2, 0) is 4.79 Å². The Morgan fingerprint density at radius 3 is 2.69 bits per heavy atom. The second-order valence-corrected chi connectivity index (χ2v) is 7.11. The Morgan fingerprint density at radius 2 is 1.96 bits per heavy atom. The molecule has 2 aliphatic rings. The standard InChI is InChI=1S/C20H22N4O2/c1-13(14-6-9-21-10-7-14)23-19(25)17-11-16-4-5-18(17)24(16)20(26)15-3-2-8-22-12-15/h2-3,6-10,12-13,16-18H,4-5,11H2,1H3,(H,23,25). The smallest absolute Gasteiger partial charge is 0.255 e. The van der Waals surface area contributed by atoms with Gasteiger partial charge in [-0.2, -0.15) is 0 Å². The zero-order valence-corrected chi connectivity index (χ0v) is 14.7. The van der Waals surface area contributed by atoms with E-state index in [0.29, 0.717) is 5.56 Å². The normalized spacial score (nSPS) is 25.1. The van der Waals surface area contributed by atoms with E-state index in [1.807, 2.05) is 24.0 Å². The molecule has 6 nitrogen and oxygen atoms in total. The van der Waals surface area contributed by atoms with Crippen molar-refractivity contribution in [1.29, 1.82) is 0 Å². The summed E-state index contributed by atoms with van der Waals surface area (Å²) in [7, 11) is 0. The minimum absolute atomic E-state index is 0.0110. The van der Waals surface area contributed by atoms with Crippen molar-refractivity contribution < 1.29 is 9.59 Å². The summed E-state index contributed by atoms with van der Waals surface area (Å²) < 4.78 is 0. The Labute approximate surface area is 152 Å². The number of nitrogens with one attached hydrogen (secondary N) is 1. The lowest BCUT2D eigenvalue weighted by Gasteiger charge is -2.25. The molecule has 4 heterocycles. The molecule has 4 atom stereocenters. The van der Waals surface area contributed by atoms with Gasteiger partial charge in [-0.15, -0.1) is 0 Å². The number of amides is 2. The van der Waals surface area contributed by atoms with Crippen LogP contribution in [0.15, 0.2) is 49.1 Å². The first-order valence-corrected chi connectivity index (χ1v) is 9.08. The number of pyridine rings is 2. The van der Waals surface area contributed by atoms with E-state index >= 15 is 0 Å². The third kappa shape index (κ3) is 2.96. The van der Waals surface area contributed by atoms with Gasteiger partial charge in [0.1, 0.15) is 0 Å². The summed E-state index contributed by atoms with van der Waals surface area (Å²) in [6.07, 6.45) is 9.31. The zero-order chi connectivity index (χ0) is 18.1. The number of carbonyl (C=O) groups excluding carboxylic acids is 2. The first-order valence-electron chi connectivity index (χ1n) is 9.08. The molecule has 2 bridgehead atoms. The summed E-state index contributed by atoms with van der Waals surface area (Å²) in [6.45, 7) is 1.97. The lowest BCUT2D eigenvalue weighted by Crippen LogP contribution is -2.41. The average molecular weight is 350 g/mol. The molecule has 2 aromatic heterocycles. The van der Waals surface area contributed by atoms with Crippen LogP contribution in [0.2, 0.25) is 0 Å². The highest BCUT2D eigenvalue weighted by molar-refractivity contribution is 5.95. The molecule has 0 aromatic carbocycles. The molecular formula is C20H22N4O2. The van der Waals surface area contributed by atoms with Crippen LogP contribution in [0.3, 0.4) is 0 Å². The van der Waals surface area contributed by atoms with Crippen LogP contribution in [0.4, 0.5) is 0 Å². The van der Waals surface area contributed by atoms with E-state index in [4.69, 9.17) is 0 Å². The molecule has 0 saturated carbocycles. The maximum Gasteiger partial charge on any atom is 0.255 e. The molecule has 4 unspecified atom stereocenters. The fourth-order valence-electron chi connectivity index (χ4n) is 4.28. The first kappa shape index (κ1) is 16.7. The predicted octanol–water partition coefficient (Wildman–Crippen LogP) is 2.35. The topological polar surface area (TPSA) is 75.2 Å². The van der Waals surface area contributed by atoms with Gasteiger partial charge in [0.2, 0.25) is 5.91 Å². The zero-order valence-electron chi connectivity index (χ0n) is 14.7. The highest BCUT2D eigenvalue weighted by atomic mass is 16.2. The van der Waals surface area contributed by atoms with Gasteiger partial charge < -0.3 is 10.2 Å². The second kappa shape index (κ2) is 6.86. The van der Waals surface area contributed by atoms with Crippen molar-refractivity contribution in [3.8, 4) is 0 Å². The first-order chi connectivity index (χ1) is 12.6. The van der Waals surface area contributed by atoms with Crippen molar-refractivity contribution in [1.82, 2.24) is 20.2 Å². The SMILES string of the molecule is CC(NC(=O)C1CC2CCC1N2C(=O)c1cccnc1)c1ccncc1. The van der Waals surface area contributed by atoms with Crippen molar-refractivity contribution in [2.24, 2.45) is 5.92 Å². The van der Waals surface area contributed by atoms with Gasteiger partial charge >= 0.3 is 0 Å². The van der Waals surface area contributed by atoms with Crippen molar-refractivity contribution in [2.45, 2.75) is 44.3 Å². The predicted molar refractivity (Wildman–Crippen MR) is 96.1 cm³/mol. The molecule has 2 aliphatic heterocycles. The van der Waals surface area contributed by atoms with Crippen molar-refractivity contribution in [3.05, 3.63) is 60.2 Å². The van der Waals surface area contributed by atoms with E-state index in [2.05, 4.69) is 15.3 Å². The Bertz CT molecular complexity index is 796. The summed E-state index contributed by atoms with van der Waals surface area (Å²) in [5.74, 6) is -0.118. The number of fused-ring (bicyclic) bond motifs is 2. The van der Waals surface area contributed by atoms with Crippen LogP contribution in [0.5, 0.6) is 0 Å². The number of aromatic nitrogens is 2. The summed E-state index contributed by atoms with van der Waals surface area (Å²) >= 11 is 0. The van der Waals surface area contributed by atoms with Crippen LogP contribution in [0.25, 0.3) is 0 Å². The molecule has 0 spiro atoms. The summed E-state index contributed by atoms with van der Waals surface area (Å²) in [5, 5.41) is 3.11. The molecule has 0 radical (unpaired) electrons. The Morgan fingerprint density at radius 1 is 1.15 bits per heavy atom. The number of rotatable bonds is 4. The average Bonchev–Trinajstić information content (AvgIpc) is 3.27. The molecule has 134 valence electrons. The van der Waals surface area contributed by atoms with Gasteiger partial charge in [-0.25, -0.2) is 0 Å². The van der Waals surface area contributed by atoms with Crippen molar-refractivity contribution >= 4 is 11.8 Å². The molecule has 4 rings (SSSR count). The van der Waals surface area contributed by atoms with Crippen molar-refractivity contribution in [2.75, 3.05) is 0 Å².